The molecule has 0 saturated carbocycles. The summed E-state index contributed by atoms with van der Waals surface area (Å²) in [5.41, 5.74) is 0.264. The smallest absolute Gasteiger partial charge is 0.250 e. The highest BCUT2D eigenvalue weighted by molar-refractivity contribution is 9.10. The fourth-order valence-electron chi connectivity index (χ4n) is 2.04. The first-order chi connectivity index (χ1) is 11.7. The summed E-state index contributed by atoms with van der Waals surface area (Å²) >= 11 is 3.21. The molecule has 0 atom stereocenters. The average Bonchev–Trinajstić information content (AvgIpc) is 3.29. The minimum absolute atomic E-state index is 0.107. The lowest BCUT2D eigenvalue weighted by Crippen LogP contribution is -2.04. The van der Waals surface area contributed by atoms with Crippen LogP contribution < -0.4 is 0 Å². The van der Waals surface area contributed by atoms with Crippen LogP contribution in [0.4, 0.5) is 4.39 Å². The molecule has 3 heterocycles. The number of aromatic nitrogens is 6. The monoisotopic (exact) mass is 390 g/mol. The van der Waals surface area contributed by atoms with Crippen LogP contribution in [0.3, 0.4) is 0 Å². The van der Waals surface area contributed by atoms with Crippen LogP contribution in [0.25, 0.3) is 23.0 Å². The van der Waals surface area contributed by atoms with E-state index in [4.69, 9.17) is 8.94 Å². The molecule has 0 saturated heterocycles. The van der Waals surface area contributed by atoms with Gasteiger partial charge in [-0.2, -0.15) is 9.78 Å². The molecule has 0 N–H and O–H groups in total. The van der Waals surface area contributed by atoms with Crippen molar-refractivity contribution in [3.05, 3.63) is 52.8 Å². The summed E-state index contributed by atoms with van der Waals surface area (Å²) in [7, 11) is 0. The maximum atomic E-state index is 13.7. The number of rotatable bonds is 4. The van der Waals surface area contributed by atoms with Crippen LogP contribution in [-0.2, 0) is 6.54 Å². The topological polar surface area (TPSA) is 95.7 Å². The molecule has 0 aliphatic carbocycles. The quantitative estimate of drug-likeness (QED) is 0.528. The van der Waals surface area contributed by atoms with Crippen molar-refractivity contribution in [3.8, 4) is 23.0 Å². The Morgan fingerprint density at radius 3 is 2.79 bits per heavy atom. The van der Waals surface area contributed by atoms with Crippen molar-refractivity contribution in [3.63, 3.8) is 0 Å². The number of furan rings is 1. The molecule has 0 aliphatic rings. The second kappa shape index (κ2) is 5.96. The van der Waals surface area contributed by atoms with Crippen molar-refractivity contribution < 1.29 is 13.3 Å². The van der Waals surface area contributed by atoms with E-state index in [1.54, 1.807) is 30.3 Å². The lowest BCUT2D eigenvalue weighted by atomic mass is 10.2. The fourth-order valence-corrected chi connectivity index (χ4v) is 2.34. The van der Waals surface area contributed by atoms with Gasteiger partial charge in [-0.1, -0.05) is 17.3 Å². The number of halogens is 2. The molecule has 4 rings (SSSR count). The summed E-state index contributed by atoms with van der Waals surface area (Å²) in [6, 6.07) is 9.64. The van der Waals surface area contributed by atoms with E-state index in [1.807, 2.05) is 0 Å². The van der Waals surface area contributed by atoms with Crippen LogP contribution >= 0.6 is 15.9 Å². The zero-order chi connectivity index (χ0) is 16.5. The molecular weight excluding hydrogens is 383 g/mol. The van der Waals surface area contributed by atoms with E-state index < -0.39 is 5.82 Å². The summed E-state index contributed by atoms with van der Waals surface area (Å²) in [6.07, 6.45) is 0. The van der Waals surface area contributed by atoms with E-state index in [9.17, 15) is 4.39 Å². The normalized spacial score (nSPS) is 11.1. The van der Waals surface area contributed by atoms with E-state index in [2.05, 4.69) is 41.5 Å². The number of benzene rings is 1. The van der Waals surface area contributed by atoms with Crippen molar-refractivity contribution >= 4 is 15.9 Å². The maximum absolute atomic E-state index is 13.7. The first kappa shape index (κ1) is 14.7. The largest absolute Gasteiger partial charge is 0.446 e. The molecule has 3 aromatic heterocycles. The van der Waals surface area contributed by atoms with Gasteiger partial charge in [-0.05, 0) is 45.4 Å². The predicted octanol–water partition coefficient (Wildman–Crippen LogP) is 2.93. The van der Waals surface area contributed by atoms with Crippen LogP contribution in [0.2, 0.25) is 0 Å². The predicted molar refractivity (Wildman–Crippen MR) is 82.0 cm³/mol. The van der Waals surface area contributed by atoms with Crippen LogP contribution in [0, 0.1) is 5.82 Å². The van der Waals surface area contributed by atoms with Gasteiger partial charge in [-0.25, -0.2) is 4.39 Å². The summed E-state index contributed by atoms with van der Waals surface area (Å²) < 4.78 is 24.8. The van der Waals surface area contributed by atoms with Crippen LogP contribution in [0.5, 0.6) is 0 Å². The number of tetrazole rings is 1. The Balaban J connectivity index is 1.55. The molecule has 0 aliphatic heterocycles. The van der Waals surface area contributed by atoms with E-state index in [0.717, 1.165) is 0 Å². The van der Waals surface area contributed by atoms with Gasteiger partial charge in [-0.15, -0.1) is 10.2 Å². The molecule has 10 heteroatoms. The lowest BCUT2D eigenvalue weighted by molar-refractivity contribution is 0.356. The van der Waals surface area contributed by atoms with E-state index in [0.29, 0.717) is 16.3 Å². The second-order valence-electron chi connectivity index (χ2n) is 4.74. The molecule has 0 radical (unpaired) electrons. The molecular formula is C14H8BrFN6O2. The van der Waals surface area contributed by atoms with Crippen molar-refractivity contribution in [1.29, 1.82) is 0 Å². The molecule has 0 bridgehead atoms. The SMILES string of the molecule is Fc1ccccc1-c1noc(Cn2nnc(-c3ccc(Br)o3)n2)n1. The van der Waals surface area contributed by atoms with Gasteiger partial charge < -0.3 is 8.94 Å². The molecule has 4 aromatic rings. The second-order valence-corrected chi connectivity index (χ2v) is 5.52. The molecule has 120 valence electrons. The third-order valence-corrected chi connectivity index (χ3v) is 3.53. The standard InChI is InChI=1S/C14H8BrFN6O2/c15-11-6-5-10(23-11)14-18-21-22(19-14)7-12-17-13(20-24-12)8-3-1-2-4-9(8)16/h1-6H,7H2. The molecule has 24 heavy (non-hydrogen) atoms. The first-order valence-electron chi connectivity index (χ1n) is 6.80. The Morgan fingerprint density at radius 2 is 2.00 bits per heavy atom. The average molecular weight is 391 g/mol. The zero-order valence-electron chi connectivity index (χ0n) is 11.9. The summed E-state index contributed by atoms with van der Waals surface area (Å²) in [6.45, 7) is 0.107. The van der Waals surface area contributed by atoms with Crippen molar-refractivity contribution in [2.45, 2.75) is 6.54 Å². The van der Waals surface area contributed by atoms with Crippen LogP contribution in [0.1, 0.15) is 5.89 Å². The molecule has 0 amide bonds. The van der Waals surface area contributed by atoms with Crippen molar-refractivity contribution in [2.75, 3.05) is 0 Å². The Hall–Kier alpha value is -2.88. The fraction of sp³-hybridized carbons (Fsp3) is 0.0714. The van der Waals surface area contributed by atoms with Gasteiger partial charge in [0.2, 0.25) is 11.6 Å². The third kappa shape index (κ3) is 2.83. The van der Waals surface area contributed by atoms with Gasteiger partial charge in [-0.3, -0.25) is 0 Å². The van der Waals surface area contributed by atoms with Crippen LogP contribution in [-0.4, -0.2) is 30.3 Å². The zero-order valence-corrected chi connectivity index (χ0v) is 13.5. The highest BCUT2D eigenvalue weighted by atomic mass is 79.9. The van der Waals surface area contributed by atoms with Gasteiger partial charge in [0.05, 0.1) is 5.56 Å². The van der Waals surface area contributed by atoms with Crippen molar-refractivity contribution in [2.24, 2.45) is 0 Å². The summed E-state index contributed by atoms with van der Waals surface area (Å²) in [5.74, 6) is 0.783. The Kier molecular flexibility index (Phi) is 3.65. The Labute approximate surface area is 142 Å². The van der Waals surface area contributed by atoms with Gasteiger partial charge in [0, 0.05) is 0 Å². The van der Waals surface area contributed by atoms with E-state index in [1.165, 1.54) is 10.9 Å². The first-order valence-corrected chi connectivity index (χ1v) is 7.59. The summed E-state index contributed by atoms with van der Waals surface area (Å²) in [5, 5.41) is 15.7. The Morgan fingerprint density at radius 1 is 1.12 bits per heavy atom. The molecule has 0 fully saturated rings. The van der Waals surface area contributed by atoms with Gasteiger partial charge in [0.1, 0.15) is 12.4 Å². The Bertz CT molecular complexity index is 995. The van der Waals surface area contributed by atoms with E-state index >= 15 is 0 Å². The highest BCUT2D eigenvalue weighted by Crippen LogP contribution is 2.22. The molecule has 0 unspecified atom stereocenters. The van der Waals surface area contributed by atoms with E-state index in [-0.39, 0.29) is 23.8 Å². The molecule has 8 nitrogen and oxygen atoms in total. The van der Waals surface area contributed by atoms with Gasteiger partial charge in [0.25, 0.3) is 5.89 Å². The molecule has 1 aromatic carbocycles. The van der Waals surface area contributed by atoms with Gasteiger partial charge >= 0.3 is 0 Å². The number of nitrogens with zero attached hydrogens (tertiary/aromatic N) is 6. The maximum Gasteiger partial charge on any atom is 0.250 e. The van der Waals surface area contributed by atoms with Crippen LogP contribution in [0.15, 0.2) is 50.0 Å². The number of hydrogen-bond donors (Lipinski definition) is 0. The number of hydrogen-bond acceptors (Lipinski definition) is 7. The summed E-state index contributed by atoms with van der Waals surface area (Å²) in [4.78, 5) is 5.43. The molecule has 0 spiro atoms. The minimum Gasteiger partial charge on any atom is -0.446 e. The van der Waals surface area contributed by atoms with Crippen molar-refractivity contribution in [1.82, 2.24) is 30.3 Å². The lowest BCUT2D eigenvalue weighted by Gasteiger charge is -1.94. The van der Waals surface area contributed by atoms with Gasteiger partial charge in [0.15, 0.2) is 10.4 Å². The minimum atomic E-state index is -0.422. The third-order valence-electron chi connectivity index (χ3n) is 3.11. The highest BCUT2D eigenvalue weighted by Gasteiger charge is 2.15.